The van der Waals surface area contributed by atoms with E-state index >= 15 is 0 Å². The Bertz CT molecular complexity index is 574. The number of hydrogen-bond donors (Lipinski definition) is 1. The molecule has 26 heavy (non-hydrogen) atoms. The molecule has 0 spiro atoms. The van der Waals surface area contributed by atoms with E-state index in [0.29, 0.717) is 5.92 Å². The van der Waals surface area contributed by atoms with Crippen molar-refractivity contribution in [2.75, 3.05) is 0 Å². The molecule has 3 rings (SSSR count). The van der Waals surface area contributed by atoms with Gasteiger partial charge in [-0.05, 0) is 89.4 Å². The summed E-state index contributed by atoms with van der Waals surface area (Å²) in [4.78, 5) is 0. The SMILES string of the molecule is C/C=C(/C)CC[C@@H]1[C@@]2(C)C[C@@H]3OC(C)(C)O[C@@H]3C(C)(C)C2CC[C@@]1(C)O. The first-order chi connectivity index (χ1) is 11.8. The van der Waals surface area contributed by atoms with Crippen LogP contribution in [-0.4, -0.2) is 28.7 Å². The van der Waals surface area contributed by atoms with Crippen LogP contribution < -0.4 is 0 Å². The quantitative estimate of drug-likeness (QED) is 0.675. The highest BCUT2D eigenvalue weighted by Gasteiger charge is 2.65. The average Bonchev–Trinajstić information content (AvgIpc) is 2.80. The molecule has 1 unspecified atom stereocenters. The molecule has 1 saturated heterocycles. The largest absolute Gasteiger partial charge is 0.390 e. The second kappa shape index (κ2) is 6.32. The topological polar surface area (TPSA) is 38.7 Å². The third-order valence-corrected chi connectivity index (χ3v) is 8.06. The molecule has 2 saturated carbocycles. The highest BCUT2D eigenvalue weighted by molar-refractivity contribution is 5.14. The minimum atomic E-state index is -0.600. The van der Waals surface area contributed by atoms with Gasteiger partial charge in [-0.3, -0.25) is 0 Å². The lowest BCUT2D eigenvalue weighted by molar-refractivity contribution is -0.205. The van der Waals surface area contributed by atoms with Crippen molar-refractivity contribution in [1.82, 2.24) is 0 Å². The van der Waals surface area contributed by atoms with E-state index in [9.17, 15) is 5.11 Å². The molecule has 1 aliphatic heterocycles. The summed E-state index contributed by atoms with van der Waals surface area (Å²) in [6.07, 6.45) is 7.54. The number of rotatable bonds is 3. The minimum Gasteiger partial charge on any atom is -0.390 e. The lowest BCUT2D eigenvalue weighted by atomic mass is 9.44. The van der Waals surface area contributed by atoms with Gasteiger partial charge in [-0.15, -0.1) is 0 Å². The van der Waals surface area contributed by atoms with Crippen LogP contribution in [0.4, 0.5) is 0 Å². The number of ether oxygens (including phenoxy) is 2. The molecule has 0 aromatic carbocycles. The Morgan fingerprint density at radius 3 is 2.38 bits per heavy atom. The molecule has 1 N–H and O–H groups in total. The van der Waals surface area contributed by atoms with E-state index in [4.69, 9.17) is 9.47 Å². The van der Waals surface area contributed by atoms with Crippen molar-refractivity contribution in [3.05, 3.63) is 11.6 Å². The second-order valence-corrected chi connectivity index (χ2v) is 10.8. The molecule has 1 heterocycles. The Labute approximate surface area is 160 Å². The van der Waals surface area contributed by atoms with E-state index in [2.05, 4.69) is 47.6 Å². The molecule has 3 nitrogen and oxygen atoms in total. The van der Waals surface area contributed by atoms with Crippen molar-refractivity contribution in [3.8, 4) is 0 Å². The van der Waals surface area contributed by atoms with Gasteiger partial charge >= 0.3 is 0 Å². The lowest BCUT2D eigenvalue weighted by Crippen LogP contribution is -2.63. The lowest BCUT2D eigenvalue weighted by Gasteiger charge is -2.63. The molecule has 6 atom stereocenters. The van der Waals surface area contributed by atoms with Crippen LogP contribution in [0.3, 0.4) is 0 Å². The van der Waals surface area contributed by atoms with Crippen LogP contribution in [0.5, 0.6) is 0 Å². The van der Waals surface area contributed by atoms with Crippen LogP contribution in [0.2, 0.25) is 0 Å². The Morgan fingerprint density at radius 1 is 1.12 bits per heavy atom. The van der Waals surface area contributed by atoms with Crippen LogP contribution in [0, 0.1) is 22.7 Å². The van der Waals surface area contributed by atoms with Crippen LogP contribution >= 0.6 is 0 Å². The summed E-state index contributed by atoms with van der Waals surface area (Å²) in [5.41, 5.74) is 0.943. The smallest absolute Gasteiger partial charge is 0.163 e. The standard InChI is InChI=1S/C23H40O3/c1-9-15(2)10-11-18-22(7)14-16-19(26-21(5,6)25-16)20(3,4)17(22)12-13-23(18,8)24/h9,16-19,24H,10-14H2,1-8H3/b15-9-/t16-,17?,18+,19-,22-,23+/m0/s1. The van der Waals surface area contributed by atoms with E-state index < -0.39 is 11.4 Å². The van der Waals surface area contributed by atoms with Crippen LogP contribution in [0.25, 0.3) is 0 Å². The Morgan fingerprint density at radius 2 is 1.77 bits per heavy atom. The zero-order valence-electron chi connectivity index (χ0n) is 18.2. The summed E-state index contributed by atoms with van der Waals surface area (Å²) in [5.74, 6) is 0.330. The van der Waals surface area contributed by atoms with Crippen LogP contribution in [-0.2, 0) is 9.47 Å². The Kier molecular flexibility index (Phi) is 4.95. The van der Waals surface area contributed by atoms with Crippen molar-refractivity contribution in [2.24, 2.45) is 22.7 Å². The van der Waals surface area contributed by atoms with Crippen LogP contribution in [0.1, 0.15) is 87.5 Å². The van der Waals surface area contributed by atoms with Crippen molar-refractivity contribution in [3.63, 3.8) is 0 Å². The average molecular weight is 365 g/mol. The summed E-state index contributed by atoms with van der Waals surface area (Å²) in [7, 11) is 0. The van der Waals surface area contributed by atoms with Gasteiger partial charge in [0.25, 0.3) is 0 Å². The predicted molar refractivity (Wildman–Crippen MR) is 106 cm³/mol. The van der Waals surface area contributed by atoms with Gasteiger partial charge in [-0.25, -0.2) is 0 Å². The minimum absolute atomic E-state index is 0.0514. The van der Waals surface area contributed by atoms with Gasteiger partial charge in [0, 0.05) is 0 Å². The van der Waals surface area contributed by atoms with E-state index in [1.165, 1.54) is 5.57 Å². The molecule has 0 bridgehead atoms. The molecule has 0 aromatic heterocycles. The van der Waals surface area contributed by atoms with Crippen LogP contribution in [0.15, 0.2) is 11.6 Å². The highest BCUT2D eigenvalue weighted by atomic mass is 16.8. The van der Waals surface area contributed by atoms with Gasteiger partial charge in [0.2, 0.25) is 0 Å². The van der Waals surface area contributed by atoms with Gasteiger partial charge in [-0.2, -0.15) is 0 Å². The maximum atomic E-state index is 11.3. The Hall–Kier alpha value is -0.380. The van der Waals surface area contributed by atoms with Gasteiger partial charge < -0.3 is 14.6 Å². The van der Waals surface area contributed by atoms with Crippen molar-refractivity contribution >= 4 is 0 Å². The zero-order chi connectivity index (χ0) is 19.5. The fraction of sp³-hybridized carbons (Fsp3) is 0.913. The summed E-state index contributed by atoms with van der Waals surface area (Å²) in [6.45, 7) is 17.6. The first-order valence-corrected chi connectivity index (χ1v) is 10.5. The first-order valence-electron chi connectivity index (χ1n) is 10.5. The monoisotopic (exact) mass is 364 g/mol. The molecule has 0 radical (unpaired) electrons. The van der Waals surface area contributed by atoms with Gasteiger partial charge in [0.05, 0.1) is 17.8 Å². The van der Waals surface area contributed by atoms with Crippen molar-refractivity contribution in [1.29, 1.82) is 0 Å². The van der Waals surface area contributed by atoms with Gasteiger partial charge in [-0.1, -0.05) is 32.4 Å². The number of fused-ring (bicyclic) bond motifs is 2. The van der Waals surface area contributed by atoms with Crippen molar-refractivity contribution < 1.29 is 14.6 Å². The molecule has 3 fully saturated rings. The normalized spacial score (nSPS) is 47.3. The van der Waals surface area contributed by atoms with Gasteiger partial charge in [0.1, 0.15) is 0 Å². The fourth-order valence-electron chi connectivity index (χ4n) is 6.80. The Balaban J connectivity index is 1.96. The molecule has 2 aliphatic carbocycles. The van der Waals surface area contributed by atoms with E-state index in [-0.39, 0.29) is 29.0 Å². The molecule has 150 valence electrons. The zero-order valence-corrected chi connectivity index (χ0v) is 18.2. The molecule has 3 aliphatic rings. The summed E-state index contributed by atoms with van der Waals surface area (Å²) < 4.78 is 12.7. The maximum Gasteiger partial charge on any atom is 0.163 e. The fourth-order valence-corrected chi connectivity index (χ4v) is 6.80. The number of hydrogen-bond acceptors (Lipinski definition) is 3. The molecular weight excluding hydrogens is 324 g/mol. The first kappa shape index (κ1) is 20.4. The predicted octanol–water partition coefficient (Wildman–Crippen LogP) is 5.47. The van der Waals surface area contributed by atoms with E-state index in [1.807, 2.05) is 13.8 Å². The third kappa shape index (κ3) is 3.18. The number of allylic oxidation sites excluding steroid dienone is 2. The summed E-state index contributed by atoms with van der Waals surface area (Å²) >= 11 is 0. The molecule has 0 amide bonds. The van der Waals surface area contributed by atoms with Gasteiger partial charge in [0.15, 0.2) is 5.79 Å². The highest BCUT2D eigenvalue weighted by Crippen LogP contribution is 2.65. The summed E-state index contributed by atoms with van der Waals surface area (Å²) in [5, 5.41) is 11.3. The third-order valence-electron chi connectivity index (χ3n) is 8.06. The van der Waals surface area contributed by atoms with Crippen molar-refractivity contribution in [2.45, 2.75) is 111 Å². The van der Waals surface area contributed by atoms with E-state index in [0.717, 1.165) is 32.1 Å². The summed E-state index contributed by atoms with van der Waals surface area (Å²) in [6, 6.07) is 0. The second-order valence-electron chi connectivity index (χ2n) is 10.8. The molecular formula is C23H40O3. The molecule has 0 aromatic rings. The maximum absolute atomic E-state index is 11.3. The molecule has 3 heteroatoms. The van der Waals surface area contributed by atoms with E-state index in [1.54, 1.807) is 0 Å². The number of aliphatic hydroxyl groups is 1.